The highest BCUT2D eigenvalue weighted by Gasteiger charge is 2.18. The summed E-state index contributed by atoms with van der Waals surface area (Å²) in [6.45, 7) is 12.9. The van der Waals surface area contributed by atoms with Crippen molar-refractivity contribution < 1.29 is 0 Å². The van der Waals surface area contributed by atoms with E-state index in [0.29, 0.717) is 6.04 Å². The van der Waals surface area contributed by atoms with E-state index >= 15 is 0 Å². The number of likely N-dealkylation sites (tertiary alicyclic amines) is 1. The number of piperidine rings is 1. The van der Waals surface area contributed by atoms with E-state index in [1.54, 1.807) is 0 Å². The molecule has 0 saturated carbocycles. The van der Waals surface area contributed by atoms with Gasteiger partial charge in [-0.05, 0) is 50.3 Å². The first-order valence-corrected chi connectivity index (χ1v) is 9.00. The molecule has 0 radical (unpaired) electrons. The maximum absolute atomic E-state index is 4.74. The Balaban J connectivity index is 1.83. The third-order valence-electron chi connectivity index (χ3n) is 4.45. The Kier molecular flexibility index (Phi) is 7.75. The van der Waals surface area contributed by atoms with E-state index in [1.807, 2.05) is 18.5 Å². The topological polar surface area (TPSA) is 52.5 Å². The zero-order valence-corrected chi connectivity index (χ0v) is 15.1. The van der Waals surface area contributed by atoms with Gasteiger partial charge in [0.05, 0.1) is 0 Å². The molecule has 0 spiro atoms. The number of guanidine groups is 1. The zero-order chi connectivity index (χ0) is 17.2. The molecule has 24 heavy (non-hydrogen) atoms. The molecule has 1 fully saturated rings. The monoisotopic (exact) mass is 329 g/mol. The van der Waals surface area contributed by atoms with Crippen LogP contribution in [0.5, 0.6) is 0 Å². The molecule has 1 aromatic heterocycles. The lowest BCUT2D eigenvalue weighted by atomic mass is 10.1. The van der Waals surface area contributed by atoms with Crippen LogP contribution >= 0.6 is 0 Å². The summed E-state index contributed by atoms with van der Waals surface area (Å²) in [7, 11) is 0. The van der Waals surface area contributed by atoms with Crippen molar-refractivity contribution in [2.75, 3.05) is 32.7 Å². The lowest BCUT2D eigenvalue weighted by Gasteiger charge is -2.32. The number of hydrogen-bond donors (Lipinski definition) is 2. The average Bonchev–Trinajstić information content (AvgIpc) is 2.59. The van der Waals surface area contributed by atoms with Crippen molar-refractivity contribution in [2.45, 2.75) is 39.2 Å². The lowest BCUT2D eigenvalue weighted by Crippen LogP contribution is -2.48. The maximum atomic E-state index is 4.74. The standard InChI is InChI=1S/C19H31N5/c1-4-12-24-13-8-18(9-14-24)23-19(21-5-2)22-11-7-17-6-10-20-15-16(17)3/h4,6,10,15,18H,1,5,7-9,11-14H2,2-3H3,(H2,21,22,23). The van der Waals surface area contributed by atoms with E-state index in [1.165, 1.54) is 11.1 Å². The van der Waals surface area contributed by atoms with E-state index in [0.717, 1.165) is 57.9 Å². The summed E-state index contributed by atoms with van der Waals surface area (Å²) in [5.41, 5.74) is 2.56. The quantitative estimate of drug-likeness (QED) is 0.457. The largest absolute Gasteiger partial charge is 0.357 e. The normalized spacial score (nSPS) is 16.8. The van der Waals surface area contributed by atoms with E-state index in [2.05, 4.69) is 47.0 Å². The van der Waals surface area contributed by atoms with Gasteiger partial charge in [-0.3, -0.25) is 14.9 Å². The highest BCUT2D eigenvalue weighted by molar-refractivity contribution is 5.80. The Hall–Kier alpha value is -1.88. The minimum atomic E-state index is 0.506. The summed E-state index contributed by atoms with van der Waals surface area (Å²) in [6, 6.07) is 2.59. The van der Waals surface area contributed by atoms with Crippen LogP contribution in [0.4, 0.5) is 0 Å². The predicted octanol–water partition coefficient (Wildman–Crippen LogP) is 2.14. The lowest BCUT2D eigenvalue weighted by molar-refractivity contribution is 0.225. The number of aliphatic imine (C=N–C) groups is 1. The van der Waals surface area contributed by atoms with Crippen molar-refractivity contribution in [3.63, 3.8) is 0 Å². The molecule has 2 rings (SSSR count). The van der Waals surface area contributed by atoms with Gasteiger partial charge in [0.15, 0.2) is 5.96 Å². The van der Waals surface area contributed by atoms with Crippen molar-refractivity contribution in [2.24, 2.45) is 4.99 Å². The van der Waals surface area contributed by atoms with Gasteiger partial charge in [0.25, 0.3) is 0 Å². The summed E-state index contributed by atoms with van der Waals surface area (Å²) in [5, 5.41) is 6.96. The summed E-state index contributed by atoms with van der Waals surface area (Å²) in [4.78, 5) is 11.3. The fourth-order valence-electron chi connectivity index (χ4n) is 3.03. The molecule has 1 aliphatic heterocycles. The second-order valence-electron chi connectivity index (χ2n) is 6.32. The smallest absolute Gasteiger partial charge is 0.191 e. The van der Waals surface area contributed by atoms with Gasteiger partial charge in [0.1, 0.15) is 0 Å². The number of nitrogens with one attached hydrogen (secondary N) is 2. The first-order chi connectivity index (χ1) is 11.7. The molecular weight excluding hydrogens is 298 g/mol. The maximum Gasteiger partial charge on any atom is 0.191 e. The molecule has 2 N–H and O–H groups in total. The van der Waals surface area contributed by atoms with Gasteiger partial charge < -0.3 is 10.6 Å². The van der Waals surface area contributed by atoms with Gasteiger partial charge in [0, 0.05) is 51.2 Å². The second kappa shape index (κ2) is 10.1. The average molecular weight is 329 g/mol. The number of pyridine rings is 1. The van der Waals surface area contributed by atoms with Crippen LogP contribution in [0.2, 0.25) is 0 Å². The Labute approximate surface area is 146 Å². The van der Waals surface area contributed by atoms with Crippen molar-refractivity contribution in [3.05, 3.63) is 42.2 Å². The van der Waals surface area contributed by atoms with E-state index in [4.69, 9.17) is 4.99 Å². The molecule has 0 unspecified atom stereocenters. The molecule has 1 aromatic rings. The first-order valence-electron chi connectivity index (χ1n) is 9.00. The molecule has 0 aromatic carbocycles. The fourth-order valence-corrected chi connectivity index (χ4v) is 3.03. The number of nitrogens with zero attached hydrogens (tertiary/aromatic N) is 3. The van der Waals surface area contributed by atoms with Crippen molar-refractivity contribution in [3.8, 4) is 0 Å². The summed E-state index contributed by atoms with van der Waals surface area (Å²) in [6.07, 6.45) is 9.01. The van der Waals surface area contributed by atoms with Crippen LogP contribution in [0.15, 0.2) is 36.1 Å². The zero-order valence-electron chi connectivity index (χ0n) is 15.1. The molecule has 2 heterocycles. The summed E-state index contributed by atoms with van der Waals surface area (Å²) in [5.74, 6) is 0.936. The second-order valence-corrected chi connectivity index (χ2v) is 6.32. The van der Waals surface area contributed by atoms with Crippen molar-refractivity contribution in [1.82, 2.24) is 20.5 Å². The van der Waals surface area contributed by atoms with Crippen LogP contribution in [-0.4, -0.2) is 54.6 Å². The molecule has 0 amide bonds. The Morgan fingerprint density at radius 3 is 2.92 bits per heavy atom. The number of aryl methyl sites for hydroxylation is 1. The minimum absolute atomic E-state index is 0.506. The fraction of sp³-hybridized carbons (Fsp3) is 0.579. The highest BCUT2D eigenvalue weighted by Crippen LogP contribution is 2.10. The third kappa shape index (κ3) is 5.96. The van der Waals surface area contributed by atoms with Crippen LogP contribution in [0.25, 0.3) is 0 Å². The van der Waals surface area contributed by atoms with Crippen LogP contribution < -0.4 is 10.6 Å². The molecule has 5 nitrogen and oxygen atoms in total. The van der Waals surface area contributed by atoms with Crippen molar-refractivity contribution in [1.29, 1.82) is 0 Å². The van der Waals surface area contributed by atoms with Crippen LogP contribution in [0.1, 0.15) is 30.9 Å². The van der Waals surface area contributed by atoms with Gasteiger partial charge >= 0.3 is 0 Å². The van der Waals surface area contributed by atoms with Crippen LogP contribution in [-0.2, 0) is 6.42 Å². The highest BCUT2D eigenvalue weighted by atomic mass is 15.2. The number of aromatic nitrogens is 1. The molecule has 0 aliphatic carbocycles. The third-order valence-corrected chi connectivity index (χ3v) is 4.45. The van der Waals surface area contributed by atoms with Crippen molar-refractivity contribution >= 4 is 5.96 Å². The molecule has 1 aliphatic rings. The van der Waals surface area contributed by atoms with E-state index < -0.39 is 0 Å². The molecule has 132 valence electrons. The van der Waals surface area contributed by atoms with Gasteiger partial charge in [-0.15, -0.1) is 6.58 Å². The van der Waals surface area contributed by atoms with Crippen LogP contribution in [0.3, 0.4) is 0 Å². The van der Waals surface area contributed by atoms with Gasteiger partial charge in [0.2, 0.25) is 0 Å². The molecule has 0 atom stereocenters. The summed E-state index contributed by atoms with van der Waals surface area (Å²) >= 11 is 0. The van der Waals surface area contributed by atoms with E-state index in [9.17, 15) is 0 Å². The Bertz CT molecular complexity index is 532. The minimum Gasteiger partial charge on any atom is -0.357 e. The molecular formula is C19H31N5. The Morgan fingerprint density at radius 2 is 2.25 bits per heavy atom. The predicted molar refractivity (Wildman–Crippen MR) is 101 cm³/mol. The van der Waals surface area contributed by atoms with Crippen LogP contribution in [0, 0.1) is 6.92 Å². The molecule has 0 bridgehead atoms. The molecule has 5 heteroatoms. The van der Waals surface area contributed by atoms with Gasteiger partial charge in [-0.2, -0.15) is 0 Å². The van der Waals surface area contributed by atoms with Gasteiger partial charge in [-0.25, -0.2) is 0 Å². The Morgan fingerprint density at radius 1 is 1.46 bits per heavy atom. The number of rotatable bonds is 7. The first kappa shape index (κ1) is 18.5. The van der Waals surface area contributed by atoms with E-state index in [-0.39, 0.29) is 0 Å². The SMILES string of the molecule is C=CCN1CCC(NC(=NCCc2ccncc2C)NCC)CC1. The molecule has 1 saturated heterocycles. The van der Waals surface area contributed by atoms with Gasteiger partial charge in [-0.1, -0.05) is 6.08 Å². The number of hydrogen-bond acceptors (Lipinski definition) is 3. The summed E-state index contributed by atoms with van der Waals surface area (Å²) < 4.78 is 0.